The molecule has 1 heterocycles. The molecule has 1 unspecified atom stereocenters. The lowest BCUT2D eigenvalue weighted by Crippen LogP contribution is -2.37. The molecule has 0 saturated carbocycles. The van der Waals surface area contributed by atoms with Gasteiger partial charge in [0, 0.05) is 40.9 Å². The Bertz CT molecular complexity index is 1780. The molecule has 45 heavy (non-hydrogen) atoms. The molecule has 1 aliphatic carbocycles. The van der Waals surface area contributed by atoms with Crippen LogP contribution in [-0.4, -0.2) is 56.7 Å². The summed E-state index contributed by atoms with van der Waals surface area (Å²) in [5, 5.41) is 1.19. The van der Waals surface area contributed by atoms with Gasteiger partial charge < -0.3 is 4.48 Å². The van der Waals surface area contributed by atoms with Crippen LogP contribution in [0.1, 0.15) is 53.3 Å². The first-order chi connectivity index (χ1) is 21.2. The predicted octanol–water partition coefficient (Wildman–Crippen LogP) is 7.39. The highest BCUT2D eigenvalue weighted by atomic mass is 35.5. The molecule has 0 saturated heterocycles. The highest BCUT2D eigenvalue weighted by Crippen LogP contribution is 2.42. The number of halogens is 4. The lowest BCUT2D eigenvalue weighted by atomic mass is 9.83. The van der Waals surface area contributed by atoms with Crippen LogP contribution < -0.4 is 4.72 Å². The molecule has 1 atom stereocenters. The minimum absolute atomic E-state index is 0.00979. The molecule has 1 N–H and O–H groups in total. The second kappa shape index (κ2) is 13.5. The lowest BCUT2D eigenvalue weighted by Gasteiger charge is -2.25. The molecule has 0 aliphatic heterocycles. The van der Waals surface area contributed by atoms with Crippen molar-refractivity contribution in [1.29, 1.82) is 0 Å². The summed E-state index contributed by atoms with van der Waals surface area (Å²) < 4.78 is 75.1. The van der Waals surface area contributed by atoms with Crippen molar-refractivity contribution < 1.29 is 26.1 Å². The second-order valence-electron chi connectivity index (χ2n) is 12.4. The van der Waals surface area contributed by atoms with Gasteiger partial charge in [0.25, 0.3) is 0 Å². The Balaban J connectivity index is 1.45. The number of benzene rings is 3. The molecule has 12 heteroatoms. The molecule has 240 valence electrons. The number of thioether (sulfide) groups is 1. The first-order valence-electron chi connectivity index (χ1n) is 14.8. The number of aromatic nitrogens is 2. The average Bonchev–Trinajstić information content (AvgIpc) is 3.35. The molecule has 0 amide bonds. The summed E-state index contributed by atoms with van der Waals surface area (Å²) in [5.41, 5.74) is 4.31. The number of hydrogen-bond acceptors (Lipinski definition) is 4. The Morgan fingerprint density at radius 3 is 2.38 bits per heavy atom. The maximum Gasteiger partial charge on any atom is 0.240 e. The van der Waals surface area contributed by atoms with Gasteiger partial charge in [0.05, 0.1) is 44.0 Å². The van der Waals surface area contributed by atoms with E-state index in [9.17, 15) is 12.8 Å². The zero-order valence-electron chi connectivity index (χ0n) is 25.7. The van der Waals surface area contributed by atoms with E-state index in [1.54, 1.807) is 12.1 Å². The number of nitrogens with zero attached hydrogens (tertiary/aromatic N) is 3. The monoisotopic (exact) mass is 677 g/mol. The van der Waals surface area contributed by atoms with Crippen LogP contribution in [0.5, 0.6) is 0 Å². The second-order valence-corrected chi connectivity index (χ2v) is 15.5. The lowest BCUT2D eigenvalue weighted by molar-refractivity contribution is -0.870. The molecule has 3 aromatic carbocycles. The largest absolute Gasteiger partial charge is 0.331 e. The van der Waals surface area contributed by atoms with E-state index < -0.39 is 26.6 Å². The SMILES string of the molecule is Cc1cc(C2CCCc3nc(SCc4c(F)cc(S(=O)(=O)NCCC[N+](C)(C)C)cc4F)n(-c4ccc(F)cc4)c32)ccc1Cl. The third-order valence-corrected chi connectivity index (χ3v) is 10.8. The molecule has 4 aromatic rings. The number of hydrogen-bond donors (Lipinski definition) is 1. The Hall–Kier alpha value is -2.83. The summed E-state index contributed by atoms with van der Waals surface area (Å²) >= 11 is 7.46. The van der Waals surface area contributed by atoms with E-state index in [0.717, 1.165) is 72.2 Å². The van der Waals surface area contributed by atoms with Gasteiger partial charge in [-0.25, -0.2) is 31.3 Å². The zero-order chi connectivity index (χ0) is 32.5. The minimum Gasteiger partial charge on any atom is -0.331 e. The Morgan fingerprint density at radius 1 is 1.04 bits per heavy atom. The van der Waals surface area contributed by atoms with E-state index in [1.807, 2.05) is 44.8 Å². The van der Waals surface area contributed by atoms with Crippen molar-refractivity contribution in [2.75, 3.05) is 34.2 Å². The normalized spacial score (nSPS) is 15.3. The van der Waals surface area contributed by atoms with Crippen LogP contribution in [0.2, 0.25) is 5.02 Å². The number of sulfonamides is 1. The van der Waals surface area contributed by atoms with Gasteiger partial charge in [-0.1, -0.05) is 35.5 Å². The standard InChI is InChI=1S/C33H37ClF3N4O2S2/c1-21-17-22(9-14-28(21)34)26-7-5-8-31-32(26)40(24-12-10-23(35)11-13-24)33(39-31)44-20-27-29(36)18-25(19-30(27)37)45(42,43)38-15-6-16-41(2,3)4/h9-14,17-19,26,38H,5-8,15-16,20H2,1-4H3/q+1. The fourth-order valence-electron chi connectivity index (χ4n) is 5.60. The molecule has 6 nitrogen and oxygen atoms in total. The van der Waals surface area contributed by atoms with Crippen LogP contribution in [-0.2, 0) is 22.2 Å². The molecule has 1 aliphatic rings. The highest BCUT2D eigenvalue weighted by molar-refractivity contribution is 7.98. The van der Waals surface area contributed by atoms with Crippen molar-refractivity contribution >= 4 is 33.4 Å². The quantitative estimate of drug-likeness (QED) is 0.102. The fourth-order valence-corrected chi connectivity index (χ4v) is 7.88. The van der Waals surface area contributed by atoms with Gasteiger partial charge >= 0.3 is 0 Å². The van der Waals surface area contributed by atoms with E-state index in [0.29, 0.717) is 26.8 Å². The summed E-state index contributed by atoms with van der Waals surface area (Å²) in [6.07, 6.45) is 3.09. The fraction of sp³-hybridized carbons (Fsp3) is 0.364. The summed E-state index contributed by atoms with van der Waals surface area (Å²) in [4.78, 5) is 4.45. The molecule has 0 radical (unpaired) electrons. The smallest absolute Gasteiger partial charge is 0.240 e. The van der Waals surface area contributed by atoms with Crippen LogP contribution in [0.25, 0.3) is 5.69 Å². The highest BCUT2D eigenvalue weighted by Gasteiger charge is 2.31. The van der Waals surface area contributed by atoms with Crippen LogP contribution in [0.15, 0.2) is 64.6 Å². The maximum atomic E-state index is 15.3. The minimum atomic E-state index is -4.09. The Labute approximate surface area is 272 Å². The summed E-state index contributed by atoms with van der Waals surface area (Å²) in [6, 6.07) is 13.7. The number of aryl methyl sites for hydroxylation is 2. The Morgan fingerprint density at radius 2 is 1.73 bits per heavy atom. The van der Waals surface area contributed by atoms with Gasteiger partial charge in [-0.15, -0.1) is 0 Å². The van der Waals surface area contributed by atoms with Crippen LogP contribution in [0, 0.1) is 24.4 Å². The molecule has 1 aromatic heterocycles. The van der Waals surface area contributed by atoms with E-state index in [2.05, 4.69) is 10.8 Å². The first-order valence-corrected chi connectivity index (χ1v) is 17.6. The van der Waals surface area contributed by atoms with Crippen LogP contribution in [0.3, 0.4) is 0 Å². The molecule has 0 spiro atoms. The topological polar surface area (TPSA) is 64.0 Å². The molecular formula is C33H37ClF3N4O2S2+. The molecular weight excluding hydrogens is 641 g/mol. The van der Waals surface area contributed by atoms with Gasteiger partial charge in [0.2, 0.25) is 10.0 Å². The van der Waals surface area contributed by atoms with E-state index in [4.69, 9.17) is 16.6 Å². The predicted molar refractivity (Wildman–Crippen MR) is 173 cm³/mol. The van der Waals surface area contributed by atoms with Gasteiger partial charge in [0.15, 0.2) is 5.16 Å². The summed E-state index contributed by atoms with van der Waals surface area (Å²) in [6.45, 7) is 2.85. The number of fused-ring (bicyclic) bond motifs is 1. The van der Waals surface area contributed by atoms with E-state index in [-0.39, 0.29) is 29.6 Å². The molecule has 5 rings (SSSR count). The first kappa shape index (κ1) is 33.5. The number of rotatable bonds is 11. The van der Waals surface area contributed by atoms with Crippen molar-refractivity contribution in [1.82, 2.24) is 14.3 Å². The third-order valence-electron chi connectivity index (χ3n) is 7.93. The van der Waals surface area contributed by atoms with Crippen LogP contribution >= 0.6 is 23.4 Å². The van der Waals surface area contributed by atoms with E-state index >= 15 is 8.78 Å². The number of imidazole rings is 1. The average molecular weight is 678 g/mol. The van der Waals surface area contributed by atoms with Gasteiger partial charge in [-0.2, -0.15) is 0 Å². The van der Waals surface area contributed by atoms with Crippen molar-refractivity contribution in [2.24, 2.45) is 0 Å². The van der Waals surface area contributed by atoms with Gasteiger partial charge in [-0.3, -0.25) is 4.57 Å². The zero-order valence-corrected chi connectivity index (χ0v) is 28.1. The molecule has 0 fully saturated rings. The summed E-state index contributed by atoms with van der Waals surface area (Å²) in [5.74, 6) is -2.42. The van der Waals surface area contributed by atoms with Gasteiger partial charge in [-0.05, 0) is 79.8 Å². The molecule has 0 bridgehead atoms. The van der Waals surface area contributed by atoms with Crippen molar-refractivity contribution in [3.05, 3.63) is 105 Å². The Kier molecular flexibility index (Phi) is 10.1. The van der Waals surface area contributed by atoms with E-state index in [1.165, 1.54) is 12.1 Å². The van der Waals surface area contributed by atoms with Crippen molar-refractivity contribution in [2.45, 2.75) is 54.3 Å². The number of nitrogens with one attached hydrogen (secondary N) is 1. The summed E-state index contributed by atoms with van der Waals surface area (Å²) in [7, 11) is 1.90. The number of quaternary nitrogens is 1. The van der Waals surface area contributed by atoms with Crippen molar-refractivity contribution in [3.63, 3.8) is 0 Å². The third kappa shape index (κ3) is 7.77. The van der Waals surface area contributed by atoms with Gasteiger partial charge in [0.1, 0.15) is 17.5 Å². The maximum absolute atomic E-state index is 15.3. The van der Waals surface area contributed by atoms with Crippen molar-refractivity contribution in [3.8, 4) is 5.69 Å². The van der Waals surface area contributed by atoms with Crippen LogP contribution in [0.4, 0.5) is 13.2 Å².